The molecule has 10 nitrogen and oxygen atoms in total. The zero-order chi connectivity index (χ0) is 38.9. The Morgan fingerprint density at radius 3 is 1.96 bits per heavy atom. The standard InChI is InChI=1S/C44H56N4O6/c1-43(2,3)54-42(53)45-44(26-13-27-44)25-12-18-39(50)46(4)37(31-33-19-21-35(22-20-33)34-16-10-7-11-17-34)40(51)47(5)38(30-32-14-8-6-9-15-32)41(52)48-28-23-36(49)24-29-48/h6-12,14-22,36-38,49H,13,23-31H2,1-5H3,(H,45,53)/b18-12+/t37-,38-/m1/s1. The van der Waals surface area contributed by atoms with Gasteiger partial charge < -0.3 is 29.9 Å². The van der Waals surface area contributed by atoms with Crippen LogP contribution >= 0.6 is 0 Å². The van der Waals surface area contributed by atoms with Crippen LogP contribution in [0.4, 0.5) is 4.79 Å². The first kappa shape index (κ1) is 40.2. The fraction of sp³-hybridized carbons (Fsp3) is 0.455. The largest absolute Gasteiger partial charge is 0.444 e. The van der Waals surface area contributed by atoms with Crippen LogP contribution in [0.15, 0.2) is 97.1 Å². The first-order valence-corrected chi connectivity index (χ1v) is 19.1. The Labute approximate surface area is 320 Å². The molecule has 0 unspecified atom stereocenters. The van der Waals surface area contributed by atoms with Gasteiger partial charge in [-0.1, -0.05) is 91.0 Å². The van der Waals surface area contributed by atoms with Crippen LogP contribution in [0.25, 0.3) is 11.1 Å². The summed E-state index contributed by atoms with van der Waals surface area (Å²) < 4.78 is 5.49. The van der Waals surface area contributed by atoms with E-state index in [1.165, 1.54) is 15.9 Å². The number of carbonyl (C=O) groups is 4. The van der Waals surface area contributed by atoms with E-state index in [-0.39, 0.29) is 24.1 Å². The number of benzene rings is 3. The fourth-order valence-electron chi connectivity index (χ4n) is 7.15. The topological polar surface area (TPSA) is 119 Å². The summed E-state index contributed by atoms with van der Waals surface area (Å²) in [6, 6.07) is 25.9. The van der Waals surface area contributed by atoms with Crippen LogP contribution in [-0.4, -0.2) is 100 Å². The van der Waals surface area contributed by atoms with E-state index in [1.54, 1.807) is 25.1 Å². The van der Waals surface area contributed by atoms with Crippen LogP contribution < -0.4 is 5.32 Å². The molecule has 54 heavy (non-hydrogen) atoms. The number of hydrogen-bond donors (Lipinski definition) is 2. The average Bonchev–Trinajstić information content (AvgIpc) is 3.14. The Kier molecular flexibility index (Phi) is 13.3. The summed E-state index contributed by atoms with van der Waals surface area (Å²) >= 11 is 0. The van der Waals surface area contributed by atoms with Crippen LogP contribution in [-0.2, 0) is 32.0 Å². The molecule has 0 radical (unpaired) electrons. The zero-order valence-corrected chi connectivity index (χ0v) is 32.4. The van der Waals surface area contributed by atoms with E-state index in [0.717, 1.165) is 41.5 Å². The zero-order valence-electron chi connectivity index (χ0n) is 32.4. The summed E-state index contributed by atoms with van der Waals surface area (Å²) in [4.78, 5) is 60.0. The van der Waals surface area contributed by atoms with Crippen molar-refractivity contribution in [3.63, 3.8) is 0 Å². The maximum Gasteiger partial charge on any atom is 0.408 e. The van der Waals surface area contributed by atoms with Crippen LogP contribution in [0.2, 0.25) is 0 Å². The molecule has 2 aliphatic rings. The van der Waals surface area contributed by atoms with E-state index in [2.05, 4.69) is 5.32 Å². The smallest absolute Gasteiger partial charge is 0.408 e. The number of nitrogens with zero attached hydrogens (tertiary/aromatic N) is 3. The molecule has 3 aromatic carbocycles. The molecule has 0 spiro atoms. The Hall–Kier alpha value is -4.96. The lowest BCUT2D eigenvalue weighted by Gasteiger charge is -2.42. The number of piperidine rings is 1. The molecule has 3 aromatic rings. The van der Waals surface area contributed by atoms with Gasteiger partial charge in [-0.05, 0) is 87.6 Å². The van der Waals surface area contributed by atoms with Crippen LogP contribution in [0.3, 0.4) is 0 Å². The molecule has 1 heterocycles. The van der Waals surface area contributed by atoms with Gasteiger partial charge in [-0.25, -0.2) is 4.79 Å². The number of aliphatic hydroxyl groups excluding tert-OH is 1. The van der Waals surface area contributed by atoms with Gasteiger partial charge in [-0.15, -0.1) is 0 Å². The predicted octanol–water partition coefficient (Wildman–Crippen LogP) is 6.17. The molecule has 0 bridgehead atoms. The SMILES string of the molecule is CN(C(=O)/C=C/CC1(NC(=O)OC(C)(C)C)CCC1)[C@H](Cc1ccc(-c2ccccc2)cc1)C(=O)N(C)[C@H](Cc1ccccc1)C(=O)N1CCC(O)CC1. The maximum absolute atomic E-state index is 14.7. The monoisotopic (exact) mass is 736 g/mol. The van der Waals surface area contributed by atoms with E-state index in [1.807, 2.05) is 106 Å². The van der Waals surface area contributed by atoms with Gasteiger partial charge >= 0.3 is 6.09 Å². The molecular formula is C44H56N4O6. The van der Waals surface area contributed by atoms with E-state index >= 15 is 0 Å². The second-order valence-corrected chi connectivity index (χ2v) is 15.8. The van der Waals surface area contributed by atoms with E-state index in [0.29, 0.717) is 38.8 Å². The molecule has 1 aliphatic heterocycles. The van der Waals surface area contributed by atoms with Gasteiger partial charge in [0.1, 0.15) is 17.7 Å². The van der Waals surface area contributed by atoms with Crippen LogP contribution in [0.5, 0.6) is 0 Å². The van der Waals surface area contributed by atoms with Crippen molar-refractivity contribution in [3.05, 3.63) is 108 Å². The molecule has 1 saturated carbocycles. The molecule has 1 aliphatic carbocycles. The fourth-order valence-corrected chi connectivity index (χ4v) is 7.15. The van der Waals surface area contributed by atoms with Gasteiger partial charge in [0.25, 0.3) is 0 Å². The third-order valence-electron chi connectivity index (χ3n) is 10.6. The van der Waals surface area contributed by atoms with Gasteiger partial charge in [-0.2, -0.15) is 0 Å². The summed E-state index contributed by atoms with van der Waals surface area (Å²) in [5.74, 6) is -0.880. The minimum atomic E-state index is -0.915. The van der Waals surface area contributed by atoms with E-state index in [9.17, 15) is 24.3 Å². The second-order valence-electron chi connectivity index (χ2n) is 15.8. The third kappa shape index (κ3) is 10.8. The number of hydrogen-bond acceptors (Lipinski definition) is 6. The highest BCUT2D eigenvalue weighted by Gasteiger charge is 2.39. The molecule has 2 fully saturated rings. The molecular weight excluding hydrogens is 681 g/mol. The van der Waals surface area contributed by atoms with Gasteiger partial charge in [0, 0.05) is 45.6 Å². The Morgan fingerprint density at radius 2 is 1.39 bits per heavy atom. The Morgan fingerprint density at radius 1 is 0.833 bits per heavy atom. The molecule has 0 aromatic heterocycles. The number of ether oxygens (including phenoxy) is 1. The van der Waals surface area contributed by atoms with Crippen molar-refractivity contribution in [1.29, 1.82) is 0 Å². The van der Waals surface area contributed by atoms with Gasteiger partial charge in [0.2, 0.25) is 17.7 Å². The van der Waals surface area contributed by atoms with Gasteiger partial charge in [-0.3, -0.25) is 14.4 Å². The number of rotatable bonds is 13. The quantitative estimate of drug-likeness (QED) is 0.203. The summed E-state index contributed by atoms with van der Waals surface area (Å²) in [7, 11) is 3.27. The van der Waals surface area contributed by atoms with E-state index < -0.39 is 35.4 Å². The van der Waals surface area contributed by atoms with E-state index in [4.69, 9.17) is 4.74 Å². The van der Waals surface area contributed by atoms with Gasteiger partial charge in [0.05, 0.1) is 6.10 Å². The molecule has 2 atom stereocenters. The lowest BCUT2D eigenvalue weighted by atomic mass is 9.74. The lowest BCUT2D eigenvalue weighted by molar-refractivity contribution is -0.150. The number of alkyl carbamates (subject to hydrolysis) is 1. The lowest BCUT2D eigenvalue weighted by Crippen LogP contribution is -2.57. The minimum absolute atomic E-state index is 0.176. The highest BCUT2D eigenvalue weighted by atomic mass is 16.6. The van der Waals surface area contributed by atoms with Crippen molar-refractivity contribution in [2.24, 2.45) is 0 Å². The van der Waals surface area contributed by atoms with Crippen molar-refractivity contribution in [2.45, 2.75) is 101 Å². The maximum atomic E-state index is 14.7. The number of aliphatic hydroxyl groups is 1. The molecule has 2 N–H and O–H groups in total. The Bertz CT molecular complexity index is 1740. The third-order valence-corrected chi connectivity index (χ3v) is 10.6. The summed E-state index contributed by atoms with van der Waals surface area (Å²) in [6.07, 6.45) is 6.80. The summed E-state index contributed by atoms with van der Waals surface area (Å²) in [5, 5.41) is 13.1. The van der Waals surface area contributed by atoms with Crippen molar-refractivity contribution < 1.29 is 29.0 Å². The van der Waals surface area contributed by atoms with Crippen molar-refractivity contribution in [2.75, 3.05) is 27.2 Å². The van der Waals surface area contributed by atoms with Gasteiger partial charge in [0.15, 0.2) is 0 Å². The number of likely N-dealkylation sites (tertiary alicyclic amines) is 1. The summed E-state index contributed by atoms with van der Waals surface area (Å²) in [6.45, 7) is 6.29. The first-order valence-electron chi connectivity index (χ1n) is 19.1. The molecule has 10 heteroatoms. The van der Waals surface area contributed by atoms with Crippen LogP contribution in [0, 0.1) is 0 Å². The van der Waals surface area contributed by atoms with Crippen LogP contribution in [0.1, 0.15) is 70.4 Å². The van der Waals surface area contributed by atoms with Crippen molar-refractivity contribution >= 4 is 23.8 Å². The number of likely N-dealkylation sites (N-methyl/N-ethyl adjacent to an activating group) is 2. The van der Waals surface area contributed by atoms with Crippen molar-refractivity contribution in [3.8, 4) is 11.1 Å². The summed E-state index contributed by atoms with van der Waals surface area (Å²) in [5.41, 5.74) is 2.79. The average molecular weight is 737 g/mol. The second kappa shape index (κ2) is 17.9. The predicted molar refractivity (Wildman–Crippen MR) is 210 cm³/mol. The normalized spacial score (nSPS) is 16.9. The number of carbonyl (C=O) groups excluding carboxylic acids is 4. The van der Waals surface area contributed by atoms with Crippen molar-refractivity contribution in [1.82, 2.24) is 20.0 Å². The molecule has 4 amide bonds. The number of nitrogens with one attached hydrogen (secondary N) is 1. The highest BCUT2D eigenvalue weighted by Crippen LogP contribution is 2.35. The first-order chi connectivity index (χ1) is 25.7. The number of amides is 4. The molecule has 1 saturated heterocycles. The molecule has 5 rings (SSSR count). The molecule has 288 valence electrons. The minimum Gasteiger partial charge on any atom is -0.444 e. The Balaban J connectivity index is 1.38. The highest BCUT2D eigenvalue weighted by molar-refractivity contribution is 5.95.